The lowest BCUT2D eigenvalue weighted by Crippen LogP contribution is -2.46. The summed E-state index contributed by atoms with van der Waals surface area (Å²) in [4.78, 5) is 6.69. The van der Waals surface area contributed by atoms with Crippen LogP contribution < -0.4 is 10.6 Å². The summed E-state index contributed by atoms with van der Waals surface area (Å²) in [5.41, 5.74) is 1.13. The average Bonchev–Trinajstić information content (AvgIpc) is 2.65. The van der Waals surface area contributed by atoms with Gasteiger partial charge in [0.1, 0.15) is 0 Å². The number of ether oxygens (including phenoxy) is 2. The Morgan fingerprint density at radius 1 is 1.32 bits per heavy atom. The quantitative estimate of drug-likeness (QED) is 0.417. The summed E-state index contributed by atoms with van der Waals surface area (Å²) in [7, 11) is 1.77. The predicted octanol–water partition coefficient (Wildman–Crippen LogP) is 1.91. The second kappa shape index (κ2) is 11.3. The Labute approximate surface area is 155 Å². The third-order valence-corrected chi connectivity index (χ3v) is 4.52. The van der Waals surface area contributed by atoms with Gasteiger partial charge in [-0.25, -0.2) is 0 Å². The fraction of sp³-hybridized carbons (Fsp3) is 0.611. The second-order valence-electron chi connectivity index (χ2n) is 5.76. The van der Waals surface area contributed by atoms with E-state index in [2.05, 4.69) is 26.6 Å². The van der Waals surface area contributed by atoms with Crippen molar-refractivity contribution in [2.75, 3.05) is 59.7 Å². The third-order valence-electron chi connectivity index (χ3n) is 4.18. The summed E-state index contributed by atoms with van der Waals surface area (Å²) in [5, 5.41) is 7.47. The van der Waals surface area contributed by atoms with E-state index in [1.807, 2.05) is 25.1 Å². The van der Waals surface area contributed by atoms with Crippen molar-refractivity contribution in [3.63, 3.8) is 0 Å². The molecule has 1 fully saturated rings. The van der Waals surface area contributed by atoms with Gasteiger partial charge in [-0.2, -0.15) is 0 Å². The number of hydrogen-bond acceptors (Lipinski definition) is 4. The number of hydrogen-bond donors (Lipinski definition) is 2. The summed E-state index contributed by atoms with van der Waals surface area (Å²) >= 11 is 6.46. The molecular weight excluding hydrogens is 340 g/mol. The van der Waals surface area contributed by atoms with Gasteiger partial charge in [0, 0.05) is 44.9 Å². The summed E-state index contributed by atoms with van der Waals surface area (Å²) in [6.07, 6.45) is 0. The van der Waals surface area contributed by atoms with E-state index in [0.717, 1.165) is 62.5 Å². The van der Waals surface area contributed by atoms with Crippen LogP contribution >= 0.6 is 11.6 Å². The normalized spacial score (nSPS) is 17.3. The minimum absolute atomic E-state index is 0.169. The van der Waals surface area contributed by atoms with Crippen molar-refractivity contribution in [1.29, 1.82) is 0 Å². The zero-order chi connectivity index (χ0) is 17.9. The first-order valence-corrected chi connectivity index (χ1v) is 9.22. The van der Waals surface area contributed by atoms with Crippen molar-refractivity contribution < 1.29 is 9.47 Å². The molecule has 0 aromatic heterocycles. The molecule has 25 heavy (non-hydrogen) atoms. The fourth-order valence-electron chi connectivity index (χ4n) is 2.87. The van der Waals surface area contributed by atoms with Gasteiger partial charge in [-0.15, -0.1) is 0 Å². The molecule has 0 radical (unpaired) electrons. The Morgan fingerprint density at radius 2 is 2.08 bits per heavy atom. The SMILES string of the molecule is CCOCCNC(=NC)NCC(c1ccccc1Cl)N1CCOCC1. The van der Waals surface area contributed by atoms with Crippen molar-refractivity contribution in [2.24, 2.45) is 4.99 Å². The molecule has 1 aromatic carbocycles. The van der Waals surface area contributed by atoms with Crippen LogP contribution in [0.25, 0.3) is 0 Å². The van der Waals surface area contributed by atoms with Crippen LogP contribution in [0, 0.1) is 0 Å². The van der Waals surface area contributed by atoms with E-state index in [0.29, 0.717) is 6.61 Å². The van der Waals surface area contributed by atoms with Crippen molar-refractivity contribution in [3.05, 3.63) is 34.9 Å². The number of rotatable bonds is 8. The van der Waals surface area contributed by atoms with Gasteiger partial charge in [-0.05, 0) is 18.6 Å². The van der Waals surface area contributed by atoms with Crippen LogP contribution in [0.15, 0.2) is 29.3 Å². The number of guanidine groups is 1. The Balaban J connectivity index is 1.99. The van der Waals surface area contributed by atoms with Gasteiger partial charge in [0.25, 0.3) is 0 Å². The van der Waals surface area contributed by atoms with Crippen LogP contribution in [0.2, 0.25) is 5.02 Å². The van der Waals surface area contributed by atoms with E-state index >= 15 is 0 Å². The Bertz CT molecular complexity index is 536. The van der Waals surface area contributed by atoms with Gasteiger partial charge >= 0.3 is 0 Å². The maximum absolute atomic E-state index is 6.46. The number of nitrogens with zero attached hydrogens (tertiary/aromatic N) is 2. The van der Waals surface area contributed by atoms with Gasteiger partial charge in [0.15, 0.2) is 5.96 Å². The number of morpholine rings is 1. The highest BCUT2D eigenvalue weighted by Gasteiger charge is 2.24. The summed E-state index contributed by atoms with van der Waals surface area (Å²) < 4.78 is 10.8. The zero-order valence-electron chi connectivity index (χ0n) is 15.1. The Morgan fingerprint density at radius 3 is 2.76 bits per heavy atom. The van der Waals surface area contributed by atoms with Crippen LogP contribution in [0.4, 0.5) is 0 Å². The molecule has 1 aromatic rings. The molecule has 0 amide bonds. The molecule has 2 rings (SSSR count). The summed E-state index contributed by atoms with van der Waals surface area (Å²) in [6, 6.07) is 8.20. The first-order valence-electron chi connectivity index (χ1n) is 8.84. The molecule has 1 atom stereocenters. The Hall–Kier alpha value is -1.34. The molecule has 1 unspecified atom stereocenters. The topological polar surface area (TPSA) is 58.1 Å². The lowest BCUT2D eigenvalue weighted by molar-refractivity contribution is 0.0170. The molecular formula is C18H29ClN4O2. The smallest absolute Gasteiger partial charge is 0.191 e. The first-order chi connectivity index (χ1) is 12.3. The van der Waals surface area contributed by atoms with Gasteiger partial charge in [-0.3, -0.25) is 9.89 Å². The third kappa shape index (κ3) is 6.47. The lowest BCUT2D eigenvalue weighted by Gasteiger charge is -2.35. The Kier molecular flexibility index (Phi) is 9.04. The van der Waals surface area contributed by atoms with Gasteiger partial charge in [0.05, 0.1) is 25.9 Å². The monoisotopic (exact) mass is 368 g/mol. The molecule has 0 bridgehead atoms. The molecule has 0 aliphatic carbocycles. The zero-order valence-corrected chi connectivity index (χ0v) is 15.9. The maximum Gasteiger partial charge on any atom is 0.191 e. The molecule has 1 saturated heterocycles. The highest BCUT2D eigenvalue weighted by molar-refractivity contribution is 6.31. The number of benzene rings is 1. The van der Waals surface area contributed by atoms with Crippen LogP contribution in [-0.2, 0) is 9.47 Å². The van der Waals surface area contributed by atoms with Crippen LogP contribution in [-0.4, -0.2) is 70.5 Å². The predicted molar refractivity (Wildman–Crippen MR) is 102 cm³/mol. The van der Waals surface area contributed by atoms with Crippen molar-refractivity contribution >= 4 is 17.6 Å². The van der Waals surface area contributed by atoms with Crippen molar-refractivity contribution in [2.45, 2.75) is 13.0 Å². The van der Waals surface area contributed by atoms with Crippen LogP contribution in [0.1, 0.15) is 18.5 Å². The minimum Gasteiger partial charge on any atom is -0.380 e. The summed E-state index contributed by atoms with van der Waals surface area (Å²) in [6.45, 7) is 8.11. The molecule has 2 N–H and O–H groups in total. The highest BCUT2D eigenvalue weighted by atomic mass is 35.5. The van der Waals surface area contributed by atoms with E-state index in [9.17, 15) is 0 Å². The molecule has 1 aliphatic rings. The van der Waals surface area contributed by atoms with E-state index in [4.69, 9.17) is 21.1 Å². The molecule has 7 heteroatoms. The highest BCUT2D eigenvalue weighted by Crippen LogP contribution is 2.27. The number of aliphatic imine (C=N–C) groups is 1. The molecule has 6 nitrogen and oxygen atoms in total. The van der Waals surface area contributed by atoms with E-state index in [1.54, 1.807) is 7.05 Å². The molecule has 0 saturated carbocycles. The van der Waals surface area contributed by atoms with Crippen molar-refractivity contribution in [3.8, 4) is 0 Å². The van der Waals surface area contributed by atoms with E-state index in [1.165, 1.54) is 0 Å². The second-order valence-corrected chi connectivity index (χ2v) is 6.17. The van der Waals surface area contributed by atoms with Gasteiger partial charge in [-0.1, -0.05) is 29.8 Å². The lowest BCUT2D eigenvalue weighted by atomic mass is 10.0. The number of halogens is 1. The maximum atomic E-state index is 6.46. The average molecular weight is 369 g/mol. The van der Waals surface area contributed by atoms with Crippen LogP contribution in [0.5, 0.6) is 0 Å². The minimum atomic E-state index is 0.169. The van der Waals surface area contributed by atoms with Gasteiger partial charge in [0.2, 0.25) is 0 Å². The molecule has 0 spiro atoms. The van der Waals surface area contributed by atoms with Crippen LogP contribution in [0.3, 0.4) is 0 Å². The largest absolute Gasteiger partial charge is 0.380 e. The fourth-order valence-corrected chi connectivity index (χ4v) is 3.13. The first kappa shape index (κ1) is 20.0. The van der Waals surface area contributed by atoms with E-state index in [-0.39, 0.29) is 6.04 Å². The standard InChI is InChI=1S/C18H29ClN4O2/c1-3-24-11-8-21-18(20-2)22-14-17(23-9-12-25-13-10-23)15-6-4-5-7-16(15)19/h4-7,17H,3,8-14H2,1-2H3,(H2,20,21,22). The molecule has 1 aliphatic heterocycles. The van der Waals surface area contributed by atoms with E-state index < -0.39 is 0 Å². The molecule has 1 heterocycles. The number of nitrogens with one attached hydrogen (secondary N) is 2. The van der Waals surface area contributed by atoms with Crippen molar-refractivity contribution in [1.82, 2.24) is 15.5 Å². The molecule has 140 valence electrons. The van der Waals surface area contributed by atoms with Gasteiger partial charge < -0.3 is 20.1 Å². The summed E-state index contributed by atoms with van der Waals surface area (Å²) in [5.74, 6) is 0.769.